The Kier molecular flexibility index (Phi) is 6.36. The van der Waals surface area contributed by atoms with Crippen LogP contribution >= 0.6 is 11.8 Å². The van der Waals surface area contributed by atoms with Gasteiger partial charge in [0.2, 0.25) is 5.91 Å². The van der Waals surface area contributed by atoms with Gasteiger partial charge in [-0.3, -0.25) is 9.59 Å². The summed E-state index contributed by atoms with van der Waals surface area (Å²) < 4.78 is 18.8. The number of nitrogens with one attached hydrogen (secondary N) is 1. The van der Waals surface area contributed by atoms with E-state index in [1.807, 2.05) is 0 Å². The van der Waals surface area contributed by atoms with E-state index >= 15 is 0 Å². The number of rotatable bonds is 4. The molecule has 148 valence electrons. The van der Waals surface area contributed by atoms with Crippen LogP contribution in [-0.2, 0) is 14.9 Å². The third-order valence-corrected chi connectivity index (χ3v) is 5.91. The molecule has 1 fully saturated rings. The van der Waals surface area contributed by atoms with Crippen LogP contribution in [0, 0.1) is 5.82 Å². The largest absolute Gasteiger partial charge is 0.381 e. The summed E-state index contributed by atoms with van der Waals surface area (Å²) in [5.74, 6) is -0.459. The number of benzene rings is 2. The van der Waals surface area contributed by atoms with E-state index < -0.39 is 5.41 Å². The van der Waals surface area contributed by atoms with Gasteiger partial charge in [0, 0.05) is 37.9 Å². The monoisotopic (exact) mass is 402 g/mol. The van der Waals surface area contributed by atoms with Crippen molar-refractivity contribution in [2.75, 3.05) is 32.6 Å². The zero-order valence-corrected chi connectivity index (χ0v) is 16.7. The lowest BCUT2D eigenvalue weighted by atomic mass is 9.73. The Labute approximate surface area is 168 Å². The molecule has 0 aliphatic carbocycles. The number of carbonyl (C=O) groups excluding carboxylic acids is 2. The van der Waals surface area contributed by atoms with Gasteiger partial charge in [0.05, 0.1) is 5.41 Å². The predicted molar refractivity (Wildman–Crippen MR) is 108 cm³/mol. The van der Waals surface area contributed by atoms with E-state index in [2.05, 4.69) is 5.32 Å². The fourth-order valence-electron chi connectivity index (χ4n) is 3.18. The minimum Gasteiger partial charge on any atom is -0.381 e. The summed E-state index contributed by atoms with van der Waals surface area (Å²) in [5.41, 5.74) is 0.693. The van der Waals surface area contributed by atoms with Gasteiger partial charge < -0.3 is 15.0 Å². The Balaban J connectivity index is 1.77. The Morgan fingerprint density at radius 1 is 1.04 bits per heavy atom. The lowest BCUT2D eigenvalue weighted by Gasteiger charge is -2.36. The average Bonchev–Trinajstić information content (AvgIpc) is 2.70. The van der Waals surface area contributed by atoms with Gasteiger partial charge in [0.15, 0.2) is 0 Å². The van der Waals surface area contributed by atoms with Gasteiger partial charge in [0.1, 0.15) is 5.82 Å². The summed E-state index contributed by atoms with van der Waals surface area (Å²) in [4.78, 5) is 27.3. The normalized spacial score (nSPS) is 15.7. The number of thioether (sulfide) groups is 1. The Morgan fingerprint density at radius 2 is 1.64 bits per heavy atom. The second-order valence-electron chi connectivity index (χ2n) is 6.94. The minimum absolute atomic E-state index is 0.0609. The molecule has 0 radical (unpaired) electrons. The molecule has 0 aromatic heterocycles. The first-order valence-corrected chi connectivity index (χ1v) is 9.87. The van der Waals surface area contributed by atoms with Crippen molar-refractivity contribution in [3.8, 4) is 0 Å². The van der Waals surface area contributed by atoms with Crippen LogP contribution in [0.25, 0.3) is 0 Å². The first kappa shape index (κ1) is 20.4. The molecule has 2 aromatic carbocycles. The predicted octanol–water partition coefficient (Wildman–Crippen LogP) is 4.29. The van der Waals surface area contributed by atoms with Crippen molar-refractivity contribution < 1.29 is 18.7 Å². The molecule has 2 aromatic rings. The first-order chi connectivity index (χ1) is 13.4. The number of amides is 2. The summed E-state index contributed by atoms with van der Waals surface area (Å²) in [6, 6.07) is 13.3. The van der Waals surface area contributed by atoms with Gasteiger partial charge in [-0.1, -0.05) is 12.1 Å². The molecule has 0 bridgehead atoms. The smallest absolute Gasteiger partial charge is 0.285 e. The summed E-state index contributed by atoms with van der Waals surface area (Å²) in [5, 5.41) is 2.92. The lowest BCUT2D eigenvalue weighted by Crippen LogP contribution is -2.44. The molecule has 0 saturated carbocycles. The molecule has 2 amide bonds. The third-order valence-electron chi connectivity index (χ3n) is 4.86. The van der Waals surface area contributed by atoms with Gasteiger partial charge in [0.25, 0.3) is 5.24 Å². The maximum atomic E-state index is 13.4. The van der Waals surface area contributed by atoms with Crippen LogP contribution in [0.3, 0.4) is 0 Å². The van der Waals surface area contributed by atoms with Crippen LogP contribution in [0.4, 0.5) is 14.9 Å². The SMILES string of the molecule is CN(C)C(=O)Sc1ccc(NC(=O)C2(c3ccc(F)cc3)CCOCC2)cc1. The fourth-order valence-corrected chi connectivity index (χ4v) is 3.84. The van der Waals surface area contributed by atoms with Crippen molar-refractivity contribution in [2.45, 2.75) is 23.2 Å². The van der Waals surface area contributed by atoms with Crippen LogP contribution in [0.2, 0.25) is 0 Å². The van der Waals surface area contributed by atoms with E-state index in [0.29, 0.717) is 31.7 Å². The van der Waals surface area contributed by atoms with Crippen LogP contribution in [0.5, 0.6) is 0 Å². The van der Waals surface area contributed by atoms with E-state index in [0.717, 1.165) is 22.2 Å². The highest BCUT2D eigenvalue weighted by molar-refractivity contribution is 8.13. The van der Waals surface area contributed by atoms with Crippen molar-refractivity contribution in [3.05, 3.63) is 59.9 Å². The maximum absolute atomic E-state index is 13.4. The number of carbonyl (C=O) groups is 2. The number of halogens is 1. The minimum atomic E-state index is -0.750. The number of hydrogen-bond acceptors (Lipinski definition) is 4. The molecule has 1 aliphatic heterocycles. The molecule has 1 heterocycles. The van der Waals surface area contributed by atoms with Crippen molar-refractivity contribution in [2.24, 2.45) is 0 Å². The second-order valence-corrected chi connectivity index (χ2v) is 7.97. The lowest BCUT2D eigenvalue weighted by molar-refractivity contribution is -0.125. The summed E-state index contributed by atoms with van der Waals surface area (Å²) in [6.07, 6.45) is 1.07. The molecule has 0 atom stereocenters. The van der Waals surface area contributed by atoms with Crippen LogP contribution in [0.15, 0.2) is 53.4 Å². The zero-order chi connectivity index (χ0) is 20.1. The zero-order valence-electron chi connectivity index (χ0n) is 15.9. The first-order valence-electron chi connectivity index (χ1n) is 9.05. The second kappa shape index (κ2) is 8.75. The number of ether oxygens (including phenoxy) is 1. The molecule has 1 aliphatic rings. The van der Waals surface area contributed by atoms with Crippen molar-refractivity contribution >= 4 is 28.6 Å². The quantitative estimate of drug-likeness (QED) is 0.776. The topological polar surface area (TPSA) is 58.6 Å². The van der Waals surface area contributed by atoms with Gasteiger partial charge >= 0.3 is 0 Å². The Hall–Kier alpha value is -2.38. The van der Waals surface area contributed by atoms with Crippen LogP contribution in [-0.4, -0.2) is 43.4 Å². The van der Waals surface area contributed by atoms with Gasteiger partial charge in [-0.15, -0.1) is 0 Å². The van der Waals surface area contributed by atoms with Crippen molar-refractivity contribution in [3.63, 3.8) is 0 Å². The number of hydrogen-bond donors (Lipinski definition) is 1. The van der Waals surface area contributed by atoms with Crippen molar-refractivity contribution in [1.29, 1.82) is 0 Å². The number of nitrogens with zero attached hydrogens (tertiary/aromatic N) is 1. The Morgan fingerprint density at radius 3 is 2.21 bits per heavy atom. The third kappa shape index (κ3) is 4.54. The van der Waals surface area contributed by atoms with Gasteiger partial charge in [-0.25, -0.2) is 4.39 Å². The summed E-state index contributed by atoms with van der Waals surface area (Å²) in [6.45, 7) is 0.958. The van der Waals surface area contributed by atoms with E-state index in [4.69, 9.17) is 4.74 Å². The fraction of sp³-hybridized carbons (Fsp3) is 0.333. The van der Waals surface area contributed by atoms with Crippen LogP contribution < -0.4 is 5.32 Å². The molecule has 0 unspecified atom stereocenters. The molecule has 5 nitrogen and oxygen atoms in total. The van der Waals surface area contributed by atoms with Crippen LogP contribution in [0.1, 0.15) is 18.4 Å². The van der Waals surface area contributed by atoms with E-state index in [-0.39, 0.29) is 17.0 Å². The summed E-state index contributed by atoms with van der Waals surface area (Å²) in [7, 11) is 3.40. The Bertz CT molecular complexity index is 832. The molecular formula is C21H23FN2O3S. The van der Waals surface area contributed by atoms with Crippen molar-refractivity contribution in [1.82, 2.24) is 4.90 Å². The standard InChI is InChI=1S/C21H23FN2O3S/c1-24(2)20(26)28-18-9-7-17(8-10-18)23-19(25)21(11-13-27-14-12-21)15-3-5-16(22)6-4-15/h3-10H,11-14H2,1-2H3,(H,23,25). The highest BCUT2D eigenvalue weighted by atomic mass is 32.2. The molecular weight excluding hydrogens is 379 g/mol. The highest BCUT2D eigenvalue weighted by Crippen LogP contribution is 2.36. The maximum Gasteiger partial charge on any atom is 0.285 e. The van der Waals surface area contributed by atoms with Gasteiger partial charge in [-0.05, 0) is 66.6 Å². The highest BCUT2D eigenvalue weighted by Gasteiger charge is 2.41. The molecule has 1 saturated heterocycles. The van der Waals surface area contributed by atoms with E-state index in [1.165, 1.54) is 17.0 Å². The molecule has 7 heteroatoms. The molecule has 1 N–H and O–H groups in total. The molecule has 28 heavy (non-hydrogen) atoms. The summed E-state index contributed by atoms with van der Waals surface area (Å²) >= 11 is 1.13. The number of anilines is 1. The molecule has 3 rings (SSSR count). The van der Waals surface area contributed by atoms with E-state index in [9.17, 15) is 14.0 Å². The average molecular weight is 402 g/mol. The van der Waals surface area contributed by atoms with Gasteiger partial charge in [-0.2, -0.15) is 0 Å². The van der Waals surface area contributed by atoms with E-state index in [1.54, 1.807) is 50.5 Å². The molecule has 0 spiro atoms.